The van der Waals surface area contributed by atoms with Crippen molar-refractivity contribution in [3.05, 3.63) is 35.4 Å². The van der Waals surface area contributed by atoms with Crippen LogP contribution in [0.4, 0.5) is 0 Å². The molecule has 1 aliphatic rings. The zero-order chi connectivity index (χ0) is 21.8. The molecule has 0 bridgehead atoms. The Bertz CT molecular complexity index is 675. The van der Waals surface area contributed by atoms with Crippen molar-refractivity contribution < 1.29 is 9.53 Å². The van der Waals surface area contributed by atoms with Crippen LogP contribution in [0.1, 0.15) is 45.2 Å². The van der Waals surface area contributed by atoms with Gasteiger partial charge < -0.3 is 20.3 Å². The molecular weight excluding hydrogens is 378 g/mol. The van der Waals surface area contributed by atoms with Crippen molar-refractivity contribution in [3.63, 3.8) is 0 Å². The Labute approximate surface area is 181 Å². The lowest BCUT2D eigenvalue weighted by Crippen LogP contribution is -2.40. The van der Waals surface area contributed by atoms with Crippen molar-refractivity contribution in [1.29, 1.82) is 0 Å². The molecule has 1 aromatic rings. The number of hydrogen-bond acceptors (Lipinski definition) is 4. The Morgan fingerprint density at radius 1 is 1.23 bits per heavy atom. The predicted octanol–water partition coefficient (Wildman–Crippen LogP) is 2.22. The topological polar surface area (TPSA) is 69.2 Å². The summed E-state index contributed by atoms with van der Waals surface area (Å²) < 4.78 is 5.63. The average Bonchev–Trinajstić information content (AvgIpc) is 2.73. The van der Waals surface area contributed by atoms with Crippen LogP contribution in [0.25, 0.3) is 0 Å². The van der Waals surface area contributed by atoms with E-state index in [2.05, 4.69) is 46.7 Å². The smallest absolute Gasteiger partial charge is 0.224 e. The summed E-state index contributed by atoms with van der Waals surface area (Å²) >= 11 is 0. The number of morpholine rings is 1. The normalized spacial score (nSPS) is 17.6. The van der Waals surface area contributed by atoms with E-state index in [-0.39, 0.29) is 5.91 Å². The molecule has 1 amide bonds. The van der Waals surface area contributed by atoms with Gasteiger partial charge in [-0.1, -0.05) is 24.3 Å². The number of guanidine groups is 1. The highest BCUT2D eigenvalue weighted by Gasteiger charge is 2.16. The second kappa shape index (κ2) is 13.2. The summed E-state index contributed by atoms with van der Waals surface area (Å²) in [7, 11) is 0. The van der Waals surface area contributed by atoms with Crippen LogP contribution in [0.3, 0.4) is 0 Å². The Balaban J connectivity index is 1.88. The molecule has 1 aromatic carbocycles. The summed E-state index contributed by atoms with van der Waals surface area (Å²) in [5.41, 5.74) is 2.49. The summed E-state index contributed by atoms with van der Waals surface area (Å²) in [5, 5.41) is 6.54. The lowest BCUT2D eigenvalue weighted by molar-refractivity contribution is -0.130. The number of carbonyl (C=O) groups excluding carboxylic acids is 1. The predicted molar refractivity (Wildman–Crippen MR) is 122 cm³/mol. The molecule has 7 nitrogen and oxygen atoms in total. The number of rotatable bonds is 10. The monoisotopic (exact) mass is 417 g/mol. The minimum atomic E-state index is 0.175. The van der Waals surface area contributed by atoms with E-state index in [1.165, 1.54) is 11.1 Å². The minimum absolute atomic E-state index is 0.175. The highest BCUT2D eigenvalue weighted by Crippen LogP contribution is 2.12. The molecule has 1 heterocycles. The fourth-order valence-corrected chi connectivity index (χ4v) is 3.65. The molecule has 0 radical (unpaired) electrons. The third-order valence-electron chi connectivity index (χ3n) is 5.23. The first-order valence-electron chi connectivity index (χ1n) is 11.3. The number of carbonyl (C=O) groups is 1. The van der Waals surface area contributed by atoms with E-state index in [1.807, 2.05) is 25.7 Å². The first-order valence-corrected chi connectivity index (χ1v) is 11.3. The van der Waals surface area contributed by atoms with Crippen molar-refractivity contribution in [3.8, 4) is 0 Å². The second-order valence-corrected chi connectivity index (χ2v) is 7.67. The van der Waals surface area contributed by atoms with Crippen molar-refractivity contribution in [2.45, 2.75) is 53.3 Å². The number of nitrogens with one attached hydrogen (secondary N) is 2. The maximum atomic E-state index is 12.2. The van der Waals surface area contributed by atoms with Crippen LogP contribution in [0.15, 0.2) is 29.3 Å². The van der Waals surface area contributed by atoms with Crippen molar-refractivity contribution in [2.75, 3.05) is 45.9 Å². The highest BCUT2D eigenvalue weighted by atomic mass is 16.5. The molecule has 0 saturated carbocycles. The van der Waals surface area contributed by atoms with Gasteiger partial charge in [-0.25, -0.2) is 4.99 Å². The van der Waals surface area contributed by atoms with Crippen LogP contribution in [0.5, 0.6) is 0 Å². The molecule has 168 valence electrons. The molecule has 1 atom stereocenters. The number of benzene rings is 1. The summed E-state index contributed by atoms with van der Waals surface area (Å²) in [6.07, 6.45) is 0.772. The van der Waals surface area contributed by atoms with Crippen LogP contribution in [-0.4, -0.2) is 73.6 Å². The molecule has 30 heavy (non-hydrogen) atoms. The molecule has 2 rings (SSSR count). The molecule has 7 heteroatoms. The van der Waals surface area contributed by atoms with Gasteiger partial charge in [-0.2, -0.15) is 0 Å². The van der Waals surface area contributed by atoms with E-state index >= 15 is 0 Å². The van der Waals surface area contributed by atoms with Gasteiger partial charge in [-0.15, -0.1) is 0 Å². The van der Waals surface area contributed by atoms with Gasteiger partial charge in [0.25, 0.3) is 0 Å². The average molecular weight is 418 g/mol. The van der Waals surface area contributed by atoms with E-state index in [9.17, 15) is 4.79 Å². The Morgan fingerprint density at radius 3 is 2.70 bits per heavy atom. The molecule has 2 N–H and O–H groups in total. The number of nitrogens with zero attached hydrogens (tertiary/aromatic N) is 3. The molecular formula is C23H39N5O2. The third kappa shape index (κ3) is 8.32. The minimum Gasteiger partial charge on any atom is -0.376 e. The lowest BCUT2D eigenvalue weighted by atomic mass is 10.1. The fourth-order valence-electron chi connectivity index (χ4n) is 3.65. The van der Waals surface area contributed by atoms with Gasteiger partial charge in [0, 0.05) is 52.2 Å². The van der Waals surface area contributed by atoms with E-state index in [0.717, 1.165) is 51.8 Å². The van der Waals surface area contributed by atoms with Gasteiger partial charge in [0.1, 0.15) is 0 Å². The maximum absolute atomic E-state index is 12.2. The Hall–Kier alpha value is -2.12. The van der Waals surface area contributed by atoms with Crippen LogP contribution in [0, 0.1) is 0 Å². The number of aliphatic imine (C=N–C) groups is 1. The molecule has 1 unspecified atom stereocenters. The summed E-state index contributed by atoms with van der Waals surface area (Å²) in [6, 6.07) is 8.63. The first kappa shape index (κ1) is 24.2. The third-order valence-corrected chi connectivity index (χ3v) is 5.23. The standard InChI is InChI=1S/C23H39N5O2/c1-5-24-23(25-12-11-22(29)28(6-2)7-3)26-16-20-9-8-10-21(15-20)18-27-13-14-30-19(4)17-27/h8-10,15,19H,5-7,11-14,16-18H2,1-4H3,(H2,24,25,26). The Morgan fingerprint density at radius 2 is 2.00 bits per heavy atom. The number of hydrogen-bond donors (Lipinski definition) is 2. The Kier molecular flexibility index (Phi) is 10.7. The second-order valence-electron chi connectivity index (χ2n) is 7.67. The molecule has 1 fully saturated rings. The van der Waals surface area contributed by atoms with Crippen molar-refractivity contribution >= 4 is 11.9 Å². The zero-order valence-corrected chi connectivity index (χ0v) is 19.1. The zero-order valence-electron chi connectivity index (χ0n) is 19.1. The van der Waals surface area contributed by atoms with Gasteiger partial charge in [0.2, 0.25) is 5.91 Å². The van der Waals surface area contributed by atoms with Gasteiger partial charge in [0.15, 0.2) is 5.96 Å². The van der Waals surface area contributed by atoms with Crippen LogP contribution >= 0.6 is 0 Å². The van der Waals surface area contributed by atoms with Gasteiger partial charge >= 0.3 is 0 Å². The van der Waals surface area contributed by atoms with E-state index in [1.54, 1.807) is 0 Å². The molecule has 1 saturated heterocycles. The first-order chi connectivity index (χ1) is 14.5. The largest absolute Gasteiger partial charge is 0.376 e. The summed E-state index contributed by atoms with van der Waals surface area (Å²) in [5.74, 6) is 0.922. The van der Waals surface area contributed by atoms with Crippen molar-refractivity contribution in [1.82, 2.24) is 20.4 Å². The highest BCUT2D eigenvalue weighted by molar-refractivity contribution is 5.81. The van der Waals surface area contributed by atoms with E-state index in [0.29, 0.717) is 25.6 Å². The van der Waals surface area contributed by atoms with E-state index < -0.39 is 0 Å². The molecule has 0 spiro atoms. The van der Waals surface area contributed by atoms with E-state index in [4.69, 9.17) is 9.73 Å². The summed E-state index contributed by atoms with van der Waals surface area (Å²) in [6.45, 7) is 15.4. The van der Waals surface area contributed by atoms with Gasteiger partial charge in [-0.05, 0) is 38.8 Å². The summed E-state index contributed by atoms with van der Waals surface area (Å²) in [4.78, 5) is 21.2. The molecule has 0 aliphatic carbocycles. The molecule has 1 aliphatic heterocycles. The van der Waals surface area contributed by atoms with Gasteiger partial charge in [-0.3, -0.25) is 9.69 Å². The molecule has 0 aromatic heterocycles. The maximum Gasteiger partial charge on any atom is 0.224 e. The van der Waals surface area contributed by atoms with Crippen LogP contribution in [0.2, 0.25) is 0 Å². The van der Waals surface area contributed by atoms with Crippen LogP contribution < -0.4 is 10.6 Å². The lowest BCUT2D eigenvalue weighted by Gasteiger charge is -2.31. The number of ether oxygens (including phenoxy) is 1. The van der Waals surface area contributed by atoms with Gasteiger partial charge in [0.05, 0.1) is 19.3 Å². The quantitative estimate of drug-likeness (QED) is 0.451. The van der Waals surface area contributed by atoms with Crippen molar-refractivity contribution in [2.24, 2.45) is 4.99 Å². The SMILES string of the molecule is CCNC(=NCc1cccc(CN2CCOC(C)C2)c1)NCCC(=O)N(CC)CC. The fraction of sp³-hybridized carbons (Fsp3) is 0.652. The van der Waals surface area contributed by atoms with Crippen LogP contribution in [-0.2, 0) is 22.6 Å². The number of amides is 1.